The van der Waals surface area contributed by atoms with Crippen LogP contribution in [0.1, 0.15) is 26.7 Å². The molecule has 0 saturated carbocycles. The van der Waals surface area contributed by atoms with Gasteiger partial charge in [-0.3, -0.25) is 0 Å². The first-order valence-corrected chi connectivity index (χ1v) is 4.36. The van der Waals surface area contributed by atoms with E-state index in [1.807, 2.05) is 0 Å². The van der Waals surface area contributed by atoms with Gasteiger partial charge in [0, 0.05) is 0 Å². The second-order valence-corrected chi connectivity index (χ2v) is 2.74. The molecule has 0 radical (unpaired) electrons. The molecule has 11 heavy (non-hydrogen) atoms. The minimum atomic E-state index is -0.634. The third kappa shape index (κ3) is 6.28. The fourth-order valence-corrected chi connectivity index (χ4v) is 1.06. The zero-order chi connectivity index (χ0) is 8.69. The summed E-state index contributed by atoms with van der Waals surface area (Å²) in [4.78, 5) is 2.32. The monoisotopic (exact) mass is 160 g/mol. The predicted molar refractivity (Wildman–Crippen MR) is 47.2 cm³/mol. The summed E-state index contributed by atoms with van der Waals surface area (Å²) in [5.74, 6) is 0. The van der Waals surface area contributed by atoms with Crippen molar-refractivity contribution in [1.29, 1.82) is 0 Å². The molecule has 1 unspecified atom stereocenters. The average molecular weight is 160 g/mol. The van der Waals surface area contributed by atoms with Crippen LogP contribution in [0, 0.1) is 0 Å². The molecule has 3 heteroatoms. The summed E-state index contributed by atoms with van der Waals surface area (Å²) >= 11 is 0. The van der Waals surface area contributed by atoms with Gasteiger partial charge in [-0.05, 0) is 32.5 Å². The Kier molecular flexibility index (Phi) is 6.51. The molecule has 0 fully saturated rings. The number of nitrogens with zero attached hydrogens (tertiary/aromatic N) is 1. The Morgan fingerprint density at radius 2 is 1.91 bits per heavy atom. The largest absolute Gasteiger partial charge is 0.379 e. The molecule has 0 spiro atoms. The molecule has 0 aromatic rings. The molecule has 0 aromatic carbocycles. The van der Waals surface area contributed by atoms with Crippen LogP contribution in [0.4, 0.5) is 0 Å². The van der Waals surface area contributed by atoms with Crippen molar-refractivity contribution in [1.82, 2.24) is 4.90 Å². The van der Waals surface area contributed by atoms with Crippen LogP contribution in [0.15, 0.2) is 0 Å². The Balaban J connectivity index is 3.21. The van der Waals surface area contributed by atoms with E-state index in [1.54, 1.807) is 0 Å². The van der Waals surface area contributed by atoms with E-state index >= 15 is 0 Å². The molecule has 0 bridgehead atoms. The minimum absolute atomic E-state index is 0.634. The van der Waals surface area contributed by atoms with Crippen molar-refractivity contribution in [2.75, 3.05) is 19.6 Å². The van der Waals surface area contributed by atoms with Gasteiger partial charge in [0.2, 0.25) is 0 Å². The molecule has 0 amide bonds. The Morgan fingerprint density at radius 3 is 2.27 bits per heavy atom. The Morgan fingerprint density at radius 1 is 1.36 bits per heavy atom. The maximum Gasteiger partial charge on any atom is 0.102 e. The van der Waals surface area contributed by atoms with Gasteiger partial charge in [0.1, 0.15) is 6.23 Å². The molecule has 1 atom stereocenters. The fraction of sp³-hybridized carbons (Fsp3) is 1.00. The van der Waals surface area contributed by atoms with Crippen molar-refractivity contribution >= 4 is 0 Å². The maximum atomic E-state index is 8.77. The summed E-state index contributed by atoms with van der Waals surface area (Å²) in [6, 6.07) is 0. The van der Waals surface area contributed by atoms with Crippen molar-refractivity contribution in [2.24, 2.45) is 5.73 Å². The topological polar surface area (TPSA) is 49.5 Å². The molecule has 0 heterocycles. The second-order valence-electron chi connectivity index (χ2n) is 2.74. The zero-order valence-electron chi connectivity index (χ0n) is 7.58. The van der Waals surface area contributed by atoms with Crippen LogP contribution in [0.3, 0.4) is 0 Å². The van der Waals surface area contributed by atoms with Crippen molar-refractivity contribution in [3.8, 4) is 0 Å². The summed E-state index contributed by atoms with van der Waals surface area (Å²) in [7, 11) is 0. The average Bonchev–Trinajstić information content (AvgIpc) is 1.98. The second kappa shape index (κ2) is 6.58. The Bertz CT molecular complexity index is 82.2. The SMILES string of the molecule is CCN(CC)CCCC(N)O. The van der Waals surface area contributed by atoms with Gasteiger partial charge in [-0.1, -0.05) is 13.8 Å². The first kappa shape index (κ1) is 10.9. The first-order chi connectivity index (χ1) is 5.20. The van der Waals surface area contributed by atoms with Crippen molar-refractivity contribution < 1.29 is 5.11 Å². The molecule has 0 saturated heterocycles. The van der Waals surface area contributed by atoms with E-state index < -0.39 is 6.23 Å². The fourth-order valence-electron chi connectivity index (χ4n) is 1.06. The number of hydrogen-bond donors (Lipinski definition) is 2. The van der Waals surface area contributed by atoms with Crippen molar-refractivity contribution in [3.05, 3.63) is 0 Å². The molecular formula is C8H20N2O. The van der Waals surface area contributed by atoms with Crippen molar-refractivity contribution in [2.45, 2.75) is 32.9 Å². The highest BCUT2D eigenvalue weighted by molar-refractivity contribution is 4.54. The van der Waals surface area contributed by atoms with Gasteiger partial charge in [-0.2, -0.15) is 0 Å². The number of rotatable bonds is 6. The first-order valence-electron chi connectivity index (χ1n) is 4.36. The highest BCUT2D eigenvalue weighted by Gasteiger charge is 1.99. The van der Waals surface area contributed by atoms with Gasteiger partial charge in [0.15, 0.2) is 0 Å². The summed E-state index contributed by atoms with van der Waals surface area (Å²) < 4.78 is 0. The van der Waals surface area contributed by atoms with Crippen molar-refractivity contribution in [3.63, 3.8) is 0 Å². The molecule has 0 aliphatic carbocycles. The lowest BCUT2D eigenvalue weighted by Gasteiger charge is -2.17. The van der Waals surface area contributed by atoms with E-state index in [0.29, 0.717) is 6.42 Å². The zero-order valence-corrected chi connectivity index (χ0v) is 7.58. The van der Waals surface area contributed by atoms with E-state index in [1.165, 1.54) is 0 Å². The van der Waals surface area contributed by atoms with E-state index in [0.717, 1.165) is 26.1 Å². The van der Waals surface area contributed by atoms with Crippen LogP contribution in [0.2, 0.25) is 0 Å². The molecule has 0 aromatic heterocycles. The lowest BCUT2D eigenvalue weighted by atomic mass is 10.2. The summed E-state index contributed by atoms with van der Waals surface area (Å²) in [6.45, 7) is 7.49. The van der Waals surface area contributed by atoms with Gasteiger partial charge >= 0.3 is 0 Å². The highest BCUT2D eigenvalue weighted by Crippen LogP contribution is 1.95. The van der Waals surface area contributed by atoms with Crippen LogP contribution in [-0.4, -0.2) is 35.9 Å². The highest BCUT2D eigenvalue weighted by atomic mass is 16.3. The summed E-state index contributed by atoms with van der Waals surface area (Å²) in [5, 5.41) is 8.77. The molecule has 68 valence electrons. The van der Waals surface area contributed by atoms with Crippen LogP contribution in [0.5, 0.6) is 0 Å². The molecule has 0 aliphatic heterocycles. The summed E-state index contributed by atoms with van der Waals surface area (Å²) in [5.41, 5.74) is 5.20. The normalized spacial score (nSPS) is 13.9. The molecular weight excluding hydrogens is 140 g/mol. The number of aliphatic hydroxyl groups excluding tert-OH is 1. The van der Waals surface area contributed by atoms with Gasteiger partial charge in [0.05, 0.1) is 0 Å². The number of nitrogens with two attached hydrogens (primary N) is 1. The van der Waals surface area contributed by atoms with Crippen LogP contribution in [0.25, 0.3) is 0 Å². The third-order valence-corrected chi connectivity index (χ3v) is 1.87. The van der Waals surface area contributed by atoms with Crippen LogP contribution >= 0.6 is 0 Å². The Labute approximate surface area is 69.2 Å². The van der Waals surface area contributed by atoms with Gasteiger partial charge in [-0.15, -0.1) is 0 Å². The van der Waals surface area contributed by atoms with Crippen LogP contribution < -0.4 is 5.73 Å². The number of hydrogen-bond acceptors (Lipinski definition) is 3. The van der Waals surface area contributed by atoms with E-state index in [-0.39, 0.29) is 0 Å². The maximum absolute atomic E-state index is 8.77. The van der Waals surface area contributed by atoms with E-state index in [9.17, 15) is 0 Å². The van der Waals surface area contributed by atoms with Gasteiger partial charge in [-0.25, -0.2) is 0 Å². The predicted octanol–water partition coefficient (Wildman–Crippen LogP) is 0.385. The van der Waals surface area contributed by atoms with E-state index in [4.69, 9.17) is 10.8 Å². The Hall–Kier alpha value is -0.120. The van der Waals surface area contributed by atoms with E-state index in [2.05, 4.69) is 18.7 Å². The minimum Gasteiger partial charge on any atom is -0.379 e. The molecule has 0 aliphatic rings. The third-order valence-electron chi connectivity index (χ3n) is 1.87. The van der Waals surface area contributed by atoms with Gasteiger partial charge in [0.25, 0.3) is 0 Å². The molecule has 3 N–H and O–H groups in total. The lowest BCUT2D eigenvalue weighted by Crippen LogP contribution is -2.26. The lowest BCUT2D eigenvalue weighted by molar-refractivity contribution is 0.161. The molecule has 0 rings (SSSR count). The quantitative estimate of drug-likeness (QED) is 0.552. The van der Waals surface area contributed by atoms with Crippen LogP contribution in [-0.2, 0) is 0 Å². The number of aliphatic hydroxyl groups is 1. The molecule has 3 nitrogen and oxygen atoms in total. The standard InChI is InChI=1S/C8H20N2O/c1-3-10(4-2)7-5-6-8(9)11/h8,11H,3-7,9H2,1-2H3. The smallest absolute Gasteiger partial charge is 0.102 e. The summed E-state index contributed by atoms with van der Waals surface area (Å²) in [6.07, 6.45) is 1.06. The van der Waals surface area contributed by atoms with Gasteiger partial charge < -0.3 is 15.7 Å².